The number of ether oxygens (including phenoxy) is 1. The molecule has 1 aliphatic rings. The molecule has 0 spiro atoms. The van der Waals surface area contributed by atoms with Crippen LogP contribution >= 0.6 is 15.9 Å². The summed E-state index contributed by atoms with van der Waals surface area (Å²) < 4.78 is 31.5. The zero-order valence-corrected chi connectivity index (χ0v) is 12.2. The molecule has 1 aliphatic heterocycles. The number of carbonyl (C=O) groups is 1. The second-order valence-corrected chi connectivity index (χ2v) is 6.71. The van der Waals surface area contributed by atoms with Crippen molar-refractivity contribution in [1.82, 2.24) is 4.31 Å². The van der Waals surface area contributed by atoms with Crippen LogP contribution in [0.5, 0.6) is 0 Å². The van der Waals surface area contributed by atoms with Crippen LogP contribution in [0.1, 0.15) is 10.4 Å². The van der Waals surface area contributed by atoms with Gasteiger partial charge in [0.05, 0.1) is 24.1 Å². The van der Waals surface area contributed by atoms with E-state index in [9.17, 15) is 18.3 Å². The summed E-state index contributed by atoms with van der Waals surface area (Å²) >= 11 is 3.13. The number of sulfonamides is 1. The summed E-state index contributed by atoms with van der Waals surface area (Å²) in [4.78, 5) is 10.7. The summed E-state index contributed by atoms with van der Waals surface area (Å²) in [6, 6.07) is 3.78. The van der Waals surface area contributed by atoms with Crippen molar-refractivity contribution in [1.29, 1.82) is 0 Å². The molecule has 0 unspecified atom stereocenters. The highest BCUT2D eigenvalue weighted by Crippen LogP contribution is 2.26. The molecule has 1 aromatic carbocycles. The minimum Gasteiger partial charge on any atom is -0.545 e. The molecule has 0 aromatic heterocycles. The molecule has 6 nitrogen and oxygen atoms in total. The third-order valence-electron chi connectivity index (χ3n) is 2.75. The van der Waals surface area contributed by atoms with Gasteiger partial charge in [-0.1, -0.05) is 6.07 Å². The second-order valence-electron chi connectivity index (χ2n) is 3.95. The van der Waals surface area contributed by atoms with Crippen molar-refractivity contribution in [2.45, 2.75) is 4.90 Å². The van der Waals surface area contributed by atoms with E-state index < -0.39 is 16.0 Å². The third kappa shape index (κ3) is 2.97. The Kier molecular flexibility index (Phi) is 4.24. The maximum absolute atomic E-state index is 12.4. The molecule has 8 heteroatoms. The monoisotopic (exact) mass is 348 g/mol. The Morgan fingerprint density at radius 1 is 1.32 bits per heavy atom. The van der Waals surface area contributed by atoms with Gasteiger partial charge >= 0.3 is 0 Å². The van der Waals surface area contributed by atoms with Gasteiger partial charge in [0.2, 0.25) is 10.0 Å². The van der Waals surface area contributed by atoms with Crippen LogP contribution in [0.2, 0.25) is 0 Å². The van der Waals surface area contributed by atoms with Crippen molar-refractivity contribution in [3.8, 4) is 0 Å². The van der Waals surface area contributed by atoms with Crippen LogP contribution in [0.25, 0.3) is 0 Å². The predicted molar refractivity (Wildman–Crippen MR) is 68.1 cm³/mol. The van der Waals surface area contributed by atoms with Crippen molar-refractivity contribution in [2.24, 2.45) is 0 Å². The quantitative estimate of drug-likeness (QED) is 0.757. The maximum atomic E-state index is 12.4. The summed E-state index contributed by atoms with van der Waals surface area (Å²) in [5.41, 5.74) is -0.171. The molecular weight excluding hydrogens is 338 g/mol. The number of aromatic carboxylic acids is 1. The molecule has 1 fully saturated rings. The van der Waals surface area contributed by atoms with Gasteiger partial charge in [-0.3, -0.25) is 0 Å². The van der Waals surface area contributed by atoms with Crippen molar-refractivity contribution in [3.05, 3.63) is 28.2 Å². The van der Waals surface area contributed by atoms with Crippen LogP contribution in [0.4, 0.5) is 0 Å². The summed E-state index contributed by atoms with van der Waals surface area (Å²) in [7, 11) is -3.73. The molecule has 2 rings (SSSR count). The number of benzene rings is 1. The van der Waals surface area contributed by atoms with Gasteiger partial charge in [-0.25, -0.2) is 8.42 Å². The lowest BCUT2D eigenvalue weighted by molar-refractivity contribution is -0.255. The van der Waals surface area contributed by atoms with E-state index in [1.54, 1.807) is 0 Å². The largest absolute Gasteiger partial charge is 0.545 e. The Balaban J connectivity index is 2.44. The first-order valence-corrected chi connectivity index (χ1v) is 7.75. The first kappa shape index (κ1) is 14.4. The number of carboxylic acids is 1. The lowest BCUT2D eigenvalue weighted by Crippen LogP contribution is -2.40. The molecule has 0 atom stereocenters. The molecule has 0 aliphatic carbocycles. The molecule has 104 valence electrons. The maximum Gasteiger partial charge on any atom is 0.244 e. The Hall–Kier alpha value is -0.960. The molecule has 1 saturated heterocycles. The van der Waals surface area contributed by atoms with Crippen molar-refractivity contribution >= 4 is 31.9 Å². The zero-order chi connectivity index (χ0) is 14.0. The zero-order valence-electron chi connectivity index (χ0n) is 9.84. The Labute approximate surface area is 119 Å². The highest BCUT2D eigenvalue weighted by atomic mass is 79.9. The fourth-order valence-corrected chi connectivity index (χ4v) is 4.11. The van der Waals surface area contributed by atoms with Crippen LogP contribution < -0.4 is 5.11 Å². The minimum atomic E-state index is -3.73. The third-order valence-corrected chi connectivity index (χ3v) is 5.65. The van der Waals surface area contributed by atoms with E-state index in [4.69, 9.17) is 4.74 Å². The fourth-order valence-electron chi connectivity index (χ4n) is 1.75. The molecule has 19 heavy (non-hydrogen) atoms. The van der Waals surface area contributed by atoms with Crippen molar-refractivity contribution in [3.63, 3.8) is 0 Å². The highest BCUT2D eigenvalue weighted by molar-refractivity contribution is 9.10. The molecule has 0 bridgehead atoms. The second kappa shape index (κ2) is 5.58. The number of carbonyl (C=O) groups excluding carboxylic acids is 1. The van der Waals surface area contributed by atoms with Crippen LogP contribution in [0.3, 0.4) is 0 Å². The summed E-state index contributed by atoms with van der Waals surface area (Å²) in [6.07, 6.45) is 0. The lowest BCUT2D eigenvalue weighted by atomic mass is 10.2. The molecule has 0 saturated carbocycles. The van der Waals surface area contributed by atoms with Crippen LogP contribution in [0, 0.1) is 0 Å². The van der Waals surface area contributed by atoms with Crippen molar-refractivity contribution < 1.29 is 23.1 Å². The number of rotatable bonds is 3. The lowest BCUT2D eigenvalue weighted by Gasteiger charge is -2.26. The standard InChI is InChI=1S/C11H12BrNO5S/c12-9-2-1-8(11(14)15)7-10(9)19(16,17)13-3-5-18-6-4-13/h1-2,7H,3-6H2,(H,14,15)/p-1. The van der Waals surface area contributed by atoms with Gasteiger partial charge in [0.25, 0.3) is 0 Å². The van der Waals surface area contributed by atoms with Gasteiger partial charge in [0.1, 0.15) is 0 Å². The van der Waals surface area contributed by atoms with Crippen LogP contribution in [-0.2, 0) is 14.8 Å². The molecular formula is C11H11BrNO5S-. The topological polar surface area (TPSA) is 86.7 Å². The van der Waals surface area contributed by atoms with E-state index in [0.717, 1.165) is 6.07 Å². The average molecular weight is 349 g/mol. The Morgan fingerprint density at radius 3 is 2.53 bits per heavy atom. The number of hydrogen-bond acceptors (Lipinski definition) is 5. The van der Waals surface area contributed by atoms with Crippen LogP contribution in [0.15, 0.2) is 27.6 Å². The summed E-state index contributed by atoms with van der Waals surface area (Å²) in [5, 5.41) is 10.8. The number of morpholine rings is 1. The van der Waals surface area contributed by atoms with Gasteiger partial charge < -0.3 is 14.6 Å². The summed E-state index contributed by atoms with van der Waals surface area (Å²) in [5.74, 6) is -1.41. The Morgan fingerprint density at radius 2 is 1.95 bits per heavy atom. The highest BCUT2D eigenvalue weighted by Gasteiger charge is 2.28. The summed E-state index contributed by atoms with van der Waals surface area (Å²) in [6.45, 7) is 1.17. The number of carboxylic acid groups (broad SMARTS) is 1. The predicted octanol–water partition coefficient (Wildman–Crippen LogP) is -0.167. The number of nitrogens with zero attached hydrogens (tertiary/aromatic N) is 1. The van der Waals surface area contributed by atoms with E-state index in [-0.39, 0.29) is 23.5 Å². The first-order chi connectivity index (χ1) is 8.93. The Bertz CT molecular complexity index is 595. The van der Waals surface area contributed by atoms with E-state index in [0.29, 0.717) is 17.7 Å². The number of halogens is 1. The molecule has 0 radical (unpaired) electrons. The molecule has 0 amide bonds. The van der Waals surface area contributed by atoms with Gasteiger partial charge in [-0.2, -0.15) is 4.31 Å². The van der Waals surface area contributed by atoms with E-state index >= 15 is 0 Å². The van der Waals surface area contributed by atoms with Gasteiger partial charge in [0.15, 0.2) is 0 Å². The smallest absolute Gasteiger partial charge is 0.244 e. The normalized spacial score (nSPS) is 17.3. The van der Waals surface area contributed by atoms with E-state index in [1.165, 1.54) is 16.4 Å². The average Bonchev–Trinajstić information content (AvgIpc) is 2.39. The molecule has 1 aromatic rings. The van der Waals surface area contributed by atoms with Gasteiger partial charge in [-0.15, -0.1) is 0 Å². The van der Waals surface area contributed by atoms with Gasteiger partial charge in [0, 0.05) is 17.6 Å². The fraction of sp³-hybridized carbons (Fsp3) is 0.364. The molecule has 1 heterocycles. The van der Waals surface area contributed by atoms with E-state index in [2.05, 4.69) is 15.9 Å². The SMILES string of the molecule is O=C([O-])c1ccc(Br)c(S(=O)(=O)N2CCOCC2)c1. The number of hydrogen-bond donors (Lipinski definition) is 0. The minimum absolute atomic E-state index is 0.0731. The molecule has 0 N–H and O–H groups in total. The van der Waals surface area contributed by atoms with Crippen LogP contribution in [-0.4, -0.2) is 45.0 Å². The first-order valence-electron chi connectivity index (χ1n) is 5.52. The van der Waals surface area contributed by atoms with Gasteiger partial charge in [-0.05, 0) is 33.6 Å². The van der Waals surface area contributed by atoms with E-state index in [1.807, 2.05) is 0 Å². The van der Waals surface area contributed by atoms with Crippen molar-refractivity contribution in [2.75, 3.05) is 26.3 Å².